The topological polar surface area (TPSA) is 40.1 Å². The number of hydrogen-bond donors (Lipinski definition) is 0. The van der Waals surface area contributed by atoms with Crippen molar-refractivity contribution < 1.29 is 13.2 Å². The zero-order valence-electron chi connectivity index (χ0n) is 13.9. The SMILES string of the molecule is Cc1ccc(C2=C(c3ccc(CS(=O)[O-])c(F)c3)CCC2)cc1C. The Kier molecular flexibility index (Phi) is 4.97. The van der Waals surface area contributed by atoms with Crippen molar-refractivity contribution in [2.45, 2.75) is 38.9 Å². The van der Waals surface area contributed by atoms with Crippen LogP contribution in [0.15, 0.2) is 36.4 Å². The fraction of sp³-hybridized carbons (Fsp3) is 0.300. The second-order valence-electron chi connectivity index (χ2n) is 6.36. The van der Waals surface area contributed by atoms with Crippen molar-refractivity contribution in [2.24, 2.45) is 0 Å². The van der Waals surface area contributed by atoms with Crippen molar-refractivity contribution in [3.05, 3.63) is 70.0 Å². The lowest BCUT2D eigenvalue weighted by Crippen LogP contribution is -1.98. The molecule has 2 aromatic carbocycles. The van der Waals surface area contributed by atoms with Gasteiger partial charge in [0.25, 0.3) is 0 Å². The molecule has 0 amide bonds. The summed E-state index contributed by atoms with van der Waals surface area (Å²) in [4.78, 5) is 0. The van der Waals surface area contributed by atoms with Crippen LogP contribution in [0.3, 0.4) is 0 Å². The lowest BCUT2D eigenvalue weighted by molar-refractivity contribution is 0.533. The minimum atomic E-state index is -2.28. The fourth-order valence-electron chi connectivity index (χ4n) is 3.29. The van der Waals surface area contributed by atoms with E-state index in [1.165, 1.54) is 33.9 Å². The molecule has 1 unspecified atom stereocenters. The second-order valence-corrected chi connectivity index (χ2v) is 7.26. The van der Waals surface area contributed by atoms with Crippen LogP contribution >= 0.6 is 0 Å². The van der Waals surface area contributed by atoms with E-state index in [4.69, 9.17) is 0 Å². The van der Waals surface area contributed by atoms with Gasteiger partial charge in [-0.15, -0.1) is 0 Å². The van der Waals surface area contributed by atoms with E-state index in [0.717, 1.165) is 24.8 Å². The minimum absolute atomic E-state index is 0.221. The van der Waals surface area contributed by atoms with E-state index in [0.29, 0.717) is 0 Å². The zero-order valence-corrected chi connectivity index (χ0v) is 14.7. The Bertz CT molecular complexity index is 840. The molecular weight excluding hydrogens is 323 g/mol. The van der Waals surface area contributed by atoms with Gasteiger partial charge in [0.1, 0.15) is 5.82 Å². The number of aryl methyl sites for hydroxylation is 2. The molecule has 0 N–H and O–H groups in total. The van der Waals surface area contributed by atoms with Gasteiger partial charge in [0.15, 0.2) is 0 Å². The van der Waals surface area contributed by atoms with Crippen LogP contribution in [0.5, 0.6) is 0 Å². The summed E-state index contributed by atoms with van der Waals surface area (Å²) in [6.45, 7) is 4.20. The van der Waals surface area contributed by atoms with E-state index < -0.39 is 16.9 Å². The summed E-state index contributed by atoms with van der Waals surface area (Å²) in [6, 6.07) is 11.4. The molecule has 4 heteroatoms. The summed E-state index contributed by atoms with van der Waals surface area (Å²) >= 11 is -2.28. The van der Waals surface area contributed by atoms with Gasteiger partial charge in [-0.3, -0.25) is 4.21 Å². The Morgan fingerprint density at radius 3 is 2.21 bits per heavy atom. The molecule has 0 radical (unpaired) electrons. The van der Waals surface area contributed by atoms with E-state index in [1.807, 2.05) is 6.07 Å². The molecule has 0 saturated carbocycles. The maximum absolute atomic E-state index is 14.2. The molecule has 1 aliphatic carbocycles. The second kappa shape index (κ2) is 6.99. The standard InChI is InChI=1S/C20H21FO2S/c1-13-6-7-15(10-14(13)2)18-4-3-5-19(18)16-8-9-17(12-24(22)23)20(21)11-16/h6-11H,3-5,12H2,1-2H3,(H,22,23)/p-1. The van der Waals surface area contributed by atoms with E-state index >= 15 is 0 Å². The fourth-order valence-corrected chi connectivity index (χ4v) is 3.78. The van der Waals surface area contributed by atoms with Gasteiger partial charge in [0, 0.05) is 5.75 Å². The molecule has 24 heavy (non-hydrogen) atoms. The molecular formula is C20H20FO2S-. The lowest BCUT2D eigenvalue weighted by atomic mass is 9.94. The van der Waals surface area contributed by atoms with Crippen LogP contribution in [0, 0.1) is 19.7 Å². The first kappa shape index (κ1) is 17.1. The van der Waals surface area contributed by atoms with Crippen molar-refractivity contribution >= 4 is 22.2 Å². The number of allylic oxidation sites excluding steroid dienone is 2. The Morgan fingerprint density at radius 1 is 1.00 bits per heavy atom. The number of rotatable bonds is 4. The molecule has 0 aromatic heterocycles. The molecule has 126 valence electrons. The summed E-state index contributed by atoms with van der Waals surface area (Å²) in [6.07, 6.45) is 2.98. The molecule has 0 aliphatic heterocycles. The molecule has 1 atom stereocenters. The Hall–Kier alpha value is -1.78. The smallest absolute Gasteiger partial charge is 0.127 e. The van der Waals surface area contributed by atoms with Crippen molar-refractivity contribution in [3.63, 3.8) is 0 Å². The first-order valence-corrected chi connectivity index (χ1v) is 9.34. The van der Waals surface area contributed by atoms with Crippen molar-refractivity contribution in [2.75, 3.05) is 0 Å². The van der Waals surface area contributed by atoms with Crippen LogP contribution in [-0.2, 0) is 16.8 Å². The average Bonchev–Trinajstić information content (AvgIpc) is 3.01. The van der Waals surface area contributed by atoms with Gasteiger partial charge in [-0.1, -0.05) is 41.4 Å². The van der Waals surface area contributed by atoms with Gasteiger partial charge >= 0.3 is 0 Å². The predicted octanol–water partition coefficient (Wildman–Crippen LogP) is 4.92. The monoisotopic (exact) mass is 343 g/mol. The number of halogens is 1. The van der Waals surface area contributed by atoms with Gasteiger partial charge in [-0.2, -0.15) is 0 Å². The predicted molar refractivity (Wildman–Crippen MR) is 95.6 cm³/mol. The lowest BCUT2D eigenvalue weighted by Gasteiger charge is -2.12. The molecule has 3 rings (SSSR count). The third-order valence-electron chi connectivity index (χ3n) is 4.75. The molecule has 1 aliphatic rings. The van der Waals surface area contributed by atoms with Gasteiger partial charge in [0.2, 0.25) is 0 Å². The Labute approximate surface area is 144 Å². The van der Waals surface area contributed by atoms with Crippen LogP contribution in [-0.4, -0.2) is 8.76 Å². The van der Waals surface area contributed by atoms with Crippen molar-refractivity contribution in [3.8, 4) is 0 Å². The largest absolute Gasteiger partial charge is 0.772 e. The van der Waals surface area contributed by atoms with Crippen LogP contribution in [0.2, 0.25) is 0 Å². The van der Waals surface area contributed by atoms with Crippen LogP contribution < -0.4 is 0 Å². The highest BCUT2D eigenvalue weighted by molar-refractivity contribution is 7.78. The van der Waals surface area contributed by atoms with Crippen molar-refractivity contribution in [1.82, 2.24) is 0 Å². The van der Waals surface area contributed by atoms with Crippen LogP contribution in [0.1, 0.15) is 47.1 Å². The van der Waals surface area contributed by atoms with E-state index in [2.05, 4.69) is 32.0 Å². The summed E-state index contributed by atoms with van der Waals surface area (Å²) in [5.74, 6) is -0.731. The molecule has 0 heterocycles. The van der Waals surface area contributed by atoms with Crippen LogP contribution in [0.25, 0.3) is 11.1 Å². The molecule has 2 nitrogen and oxygen atoms in total. The maximum atomic E-state index is 14.2. The van der Waals surface area contributed by atoms with Gasteiger partial charge < -0.3 is 4.55 Å². The van der Waals surface area contributed by atoms with Crippen LogP contribution in [0.4, 0.5) is 4.39 Å². The first-order chi connectivity index (χ1) is 11.5. The van der Waals surface area contributed by atoms with E-state index in [9.17, 15) is 13.2 Å². The molecule has 0 bridgehead atoms. The Morgan fingerprint density at radius 2 is 1.62 bits per heavy atom. The highest BCUT2D eigenvalue weighted by Crippen LogP contribution is 2.40. The Balaban J connectivity index is 2.01. The highest BCUT2D eigenvalue weighted by atomic mass is 32.2. The van der Waals surface area contributed by atoms with Gasteiger partial charge in [-0.25, -0.2) is 4.39 Å². The zero-order chi connectivity index (χ0) is 17.3. The van der Waals surface area contributed by atoms with Crippen molar-refractivity contribution in [1.29, 1.82) is 0 Å². The minimum Gasteiger partial charge on any atom is -0.772 e. The molecule has 0 saturated heterocycles. The summed E-state index contributed by atoms with van der Waals surface area (Å²) < 4.78 is 35.8. The summed E-state index contributed by atoms with van der Waals surface area (Å²) in [7, 11) is 0. The molecule has 2 aromatic rings. The van der Waals surface area contributed by atoms with E-state index in [1.54, 1.807) is 6.07 Å². The van der Waals surface area contributed by atoms with Gasteiger partial charge in [0.05, 0.1) is 0 Å². The summed E-state index contributed by atoms with van der Waals surface area (Å²) in [5, 5.41) is 0. The number of benzene rings is 2. The van der Waals surface area contributed by atoms with Gasteiger partial charge in [-0.05, 0) is 78.1 Å². The molecule has 0 spiro atoms. The normalized spacial score (nSPS) is 15.8. The maximum Gasteiger partial charge on any atom is 0.127 e. The number of hydrogen-bond acceptors (Lipinski definition) is 2. The quantitative estimate of drug-likeness (QED) is 0.740. The summed E-state index contributed by atoms with van der Waals surface area (Å²) in [5.41, 5.74) is 7.25. The molecule has 0 fully saturated rings. The third kappa shape index (κ3) is 3.50. The average molecular weight is 343 g/mol. The third-order valence-corrected chi connectivity index (χ3v) is 5.29. The first-order valence-electron chi connectivity index (χ1n) is 8.10. The highest BCUT2D eigenvalue weighted by Gasteiger charge is 2.19. The van der Waals surface area contributed by atoms with E-state index in [-0.39, 0.29) is 11.3 Å².